The number of hydrogen-bond acceptors (Lipinski definition) is 4. The minimum Gasteiger partial charge on any atom is -0.353 e. The SMILES string of the molecule is Fc1ccc(Cl)cc1-c1cc(Nc2ccnc3[nH]cnc23)ccn1. The Balaban J connectivity index is 1.73. The average molecular weight is 340 g/mol. The zero-order valence-electron chi connectivity index (χ0n) is 12.3. The molecule has 0 saturated heterocycles. The molecule has 5 nitrogen and oxygen atoms in total. The predicted octanol–water partition coefficient (Wildman–Crippen LogP) is 4.56. The highest BCUT2D eigenvalue weighted by atomic mass is 35.5. The molecule has 0 amide bonds. The van der Waals surface area contributed by atoms with Crippen molar-refractivity contribution >= 4 is 34.1 Å². The van der Waals surface area contributed by atoms with Gasteiger partial charge in [0, 0.05) is 28.7 Å². The number of fused-ring (bicyclic) bond motifs is 1. The first kappa shape index (κ1) is 14.6. The maximum absolute atomic E-state index is 14.0. The monoisotopic (exact) mass is 339 g/mol. The lowest BCUT2D eigenvalue weighted by atomic mass is 10.1. The number of imidazole rings is 1. The van der Waals surface area contributed by atoms with E-state index in [9.17, 15) is 4.39 Å². The van der Waals surface area contributed by atoms with Crippen molar-refractivity contribution in [3.8, 4) is 11.3 Å². The number of nitrogens with zero attached hydrogens (tertiary/aromatic N) is 3. The Kier molecular flexibility index (Phi) is 3.59. The molecule has 3 aromatic heterocycles. The van der Waals surface area contributed by atoms with Crippen LogP contribution in [0.25, 0.3) is 22.4 Å². The van der Waals surface area contributed by atoms with E-state index in [1.807, 2.05) is 6.07 Å². The smallest absolute Gasteiger partial charge is 0.159 e. The topological polar surface area (TPSA) is 66.5 Å². The molecule has 0 aliphatic rings. The number of halogens is 2. The Morgan fingerprint density at radius 1 is 1.00 bits per heavy atom. The molecular weight excluding hydrogens is 329 g/mol. The molecule has 0 spiro atoms. The van der Waals surface area contributed by atoms with Crippen LogP contribution in [0, 0.1) is 5.82 Å². The van der Waals surface area contributed by atoms with Crippen LogP contribution in [0.4, 0.5) is 15.8 Å². The molecule has 24 heavy (non-hydrogen) atoms. The standard InChI is InChI=1S/C17H11ClFN5/c18-10-1-2-13(19)12(7-10)15-8-11(3-5-20-15)24-14-4-6-21-17-16(14)22-9-23-17/h1-9H,(H2,20,21,22,23,24). The number of nitrogens with one attached hydrogen (secondary N) is 2. The lowest BCUT2D eigenvalue weighted by Gasteiger charge is -2.09. The first-order chi connectivity index (χ1) is 11.7. The van der Waals surface area contributed by atoms with E-state index in [0.717, 1.165) is 16.9 Å². The van der Waals surface area contributed by atoms with Gasteiger partial charge in [-0.05, 0) is 36.4 Å². The van der Waals surface area contributed by atoms with Gasteiger partial charge in [0.05, 0.1) is 17.7 Å². The predicted molar refractivity (Wildman–Crippen MR) is 91.8 cm³/mol. The molecule has 7 heteroatoms. The van der Waals surface area contributed by atoms with Crippen LogP contribution in [-0.2, 0) is 0 Å². The molecule has 4 aromatic rings. The molecule has 3 heterocycles. The van der Waals surface area contributed by atoms with Crippen molar-refractivity contribution in [3.05, 3.63) is 66.0 Å². The lowest BCUT2D eigenvalue weighted by Crippen LogP contribution is -1.95. The van der Waals surface area contributed by atoms with E-state index in [4.69, 9.17) is 11.6 Å². The Morgan fingerprint density at radius 3 is 2.79 bits per heavy atom. The first-order valence-corrected chi connectivity index (χ1v) is 7.55. The Morgan fingerprint density at radius 2 is 1.88 bits per heavy atom. The third-order valence-corrected chi connectivity index (χ3v) is 3.80. The minimum absolute atomic E-state index is 0.353. The van der Waals surface area contributed by atoms with Gasteiger partial charge in [-0.15, -0.1) is 0 Å². The van der Waals surface area contributed by atoms with Gasteiger partial charge in [0.15, 0.2) is 5.65 Å². The summed E-state index contributed by atoms with van der Waals surface area (Å²) in [6.45, 7) is 0. The summed E-state index contributed by atoms with van der Waals surface area (Å²) in [6.07, 6.45) is 4.88. The zero-order chi connectivity index (χ0) is 16.5. The van der Waals surface area contributed by atoms with E-state index in [1.54, 1.807) is 36.9 Å². The number of rotatable bonds is 3. The van der Waals surface area contributed by atoms with Crippen molar-refractivity contribution in [1.82, 2.24) is 19.9 Å². The Labute approximate surface area is 141 Å². The van der Waals surface area contributed by atoms with Crippen LogP contribution < -0.4 is 5.32 Å². The average Bonchev–Trinajstić information content (AvgIpc) is 3.07. The summed E-state index contributed by atoms with van der Waals surface area (Å²) in [5.74, 6) is -0.373. The van der Waals surface area contributed by atoms with Crippen LogP contribution in [0.15, 0.2) is 55.1 Å². The van der Waals surface area contributed by atoms with Crippen molar-refractivity contribution in [3.63, 3.8) is 0 Å². The van der Waals surface area contributed by atoms with Crippen LogP contribution in [0.1, 0.15) is 0 Å². The van der Waals surface area contributed by atoms with Crippen molar-refractivity contribution in [2.45, 2.75) is 0 Å². The Hall–Kier alpha value is -2.99. The van der Waals surface area contributed by atoms with E-state index >= 15 is 0 Å². The maximum atomic E-state index is 14.0. The number of aromatic nitrogens is 4. The lowest BCUT2D eigenvalue weighted by molar-refractivity contribution is 0.631. The van der Waals surface area contributed by atoms with Gasteiger partial charge in [-0.3, -0.25) is 4.98 Å². The van der Waals surface area contributed by atoms with Crippen molar-refractivity contribution in [2.24, 2.45) is 0 Å². The van der Waals surface area contributed by atoms with E-state index in [-0.39, 0.29) is 5.82 Å². The summed E-state index contributed by atoms with van der Waals surface area (Å²) in [5.41, 5.74) is 3.82. The van der Waals surface area contributed by atoms with Crippen LogP contribution in [-0.4, -0.2) is 19.9 Å². The molecule has 0 aliphatic heterocycles. The van der Waals surface area contributed by atoms with Gasteiger partial charge >= 0.3 is 0 Å². The van der Waals surface area contributed by atoms with Gasteiger partial charge < -0.3 is 10.3 Å². The molecule has 4 rings (SSSR count). The number of aromatic amines is 1. The first-order valence-electron chi connectivity index (χ1n) is 7.17. The van der Waals surface area contributed by atoms with Crippen molar-refractivity contribution in [2.75, 3.05) is 5.32 Å². The third-order valence-electron chi connectivity index (χ3n) is 3.56. The van der Waals surface area contributed by atoms with Crippen LogP contribution >= 0.6 is 11.6 Å². The van der Waals surface area contributed by atoms with Gasteiger partial charge in [0.25, 0.3) is 0 Å². The number of pyridine rings is 2. The van der Waals surface area contributed by atoms with Gasteiger partial charge in [0.2, 0.25) is 0 Å². The molecule has 0 atom stereocenters. The third kappa shape index (κ3) is 2.68. The molecule has 0 bridgehead atoms. The fraction of sp³-hybridized carbons (Fsp3) is 0. The van der Waals surface area contributed by atoms with E-state index in [0.29, 0.717) is 21.9 Å². The van der Waals surface area contributed by atoms with E-state index in [2.05, 4.69) is 25.3 Å². The quantitative estimate of drug-likeness (QED) is 0.574. The summed E-state index contributed by atoms with van der Waals surface area (Å²) in [7, 11) is 0. The van der Waals surface area contributed by atoms with Crippen LogP contribution in [0.5, 0.6) is 0 Å². The number of benzene rings is 1. The largest absolute Gasteiger partial charge is 0.353 e. The minimum atomic E-state index is -0.373. The van der Waals surface area contributed by atoms with Gasteiger partial charge in [-0.1, -0.05) is 11.6 Å². The van der Waals surface area contributed by atoms with E-state index in [1.165, 1.54) is 12.1 Å². The summed E-state index contributed by atoms with van der Waals surface area (Å²) >= 11 is 5.96. The molecular formula is C17H11ClFN5. The van der Waals surface area contributed by atoms with Gasteiger partial charge in [0.1, 0.15) is 11.3 Å². The van der Waals surface area contributed by atoms with Gasteiger partial charge in [-0.25, -0.2) is 14.4 Å². The number of hydrogen-bond donors (Lipinski definition) is 2. The molecule has 2 N–H and O–H groups in total. The molecule has 1 aromatic carbocycles. The summed E-state index contributed by atoms with van der Waals surface area (Å²) in [5, 5.41) is 3.72. The molecule has 118 valence electrons. The number of H-pyrrole nitrogens is 1. The molecule has 0 unspecified atom stereocenters. The maximum Gasteiger partial charge on any atom is 0.159 e. The van der Waals surface area contributed by atoms with Crippen LogP contribution in [0.3, 0.4) is 0 Å². The summed E-state index contributed by atoms with van der Waals surface area (Å²) < 4.78 is 14.0. The van der Waals surface area contributed by atoms with Gasteiger partial charge in [-0.2, -0.15) is 0 Å². The van der Waals surface area contributed by atoms with Crippen molar-refractivity contribution < 1.29 is 4.39 Å². The highest BCUT2D eigenvalue weighted by Crippen LogP contribution is 2.28. The van der Waals surface area contributed by atoms with Crippen molar-refractivity contribution in [1.29, 1.82) is 0 Å². The fourth-order valence-corrected chi connectivity index (χ4v) is 2.63. The normalized spacial score (nSPS) is 10.9. The second-order valence-electron chi connectivity index (χ2n) is 5.14. The van der Waals surface area contributed by atoms with E-state index < -0.39 is 0 Å². The molecule has 0 fully saturated rings. The summed E-state index contributed by atoms with van der Waals surface area (Å²) in [4.78, 5) is 15.6. The zero-order valence-corrected chi connectivity index (χ0v) is 13.0. The molecule has 0 radical (unpaired) electrons. The second-order valence-corrected chi connectivity index (χ2v) is 5.57. The fourth-order valence-electron chi connectivity index (χ4n) is 2.45. The summed E-state index contributed by atoms with van der Waals surface area (Å²) in [6, 6.07) is 9.77. The Bertz CT molecular complexity index is 1030. The highest BCUT2D eigenvalue weighted by Gasteiger charge is 2.09. The number of anilines is 2. The van der Waals surface area contributed by atoms with Crippen LogP contribution in [0.2, 0.25) is 5.02 Å². The molecule has 0 saturated carbocycles. The highest BCUT2D eigenvalue weighted by molar-refractivity contribution is 6.30. The second kappa shape index (κ2) is 5.90. The molecule has 0 aliphatic carbocycles.